The van der Waals surface area contributed by atoms with Crippen LogP contribution in [-0.2, 0) is 4.74 Å². The molecule has 6 nitrogen and oxygen atoms in total. The van der Waals surface area contributed by atoms with Gasteiger partial charge in [0.1, 0.15) is 0 Å². The lowest BCUT2D eigenvalue weighted by Crippen LogP contribution is -2.37. The third kappa shape index (κ3) is 4.53. The van der Waals surface area contributed by atoms with Crippen LogP contribution in [0, 0.1) is 6.92 Å². The molecule has 2 heterocycles. The topological polar surface area (TPSA) is 60.2 Å². The van der Waals surface area contributed by atoms with Gasteiger partial charge < -0.3 is 9.64 Å². The molecule has 0 saturated carbocycles. The van der Waals surface area contributed by atoms with Gasteiger partial charge in [-0.3, -0.25) is 9.36 Å². The molecule has 1 fully saturated rings. The number of carbonyl (C=O) groups excluding carboxylic acids is 1. The van der Waals surface area contributed by atoms with E-state index in [0.29, 0.717) is 29.0 Å². The van der Waals surface area contributed by atoms with E-state index in [1.54, 1.807) is 24.3 Å². The Morgan fingerprint density at radius 3 is 2.57 bits per heavy atom. The number of ketones is 1. The number of aromatic nitrogens is 3. The first-order valence-corrected chi connectivity index (χ1v) is 11.1. The molecular weight excluding hydrogens is 420 g/mol. The Hall–Kier alpha value is -2.35. The van der Waals surface area contributed by atoms with Gasteiger partial charge >= 0.3 is 0 Å². The van der Waals surface area contributed by atoms with Crippen LogP contribution in [0.5, 0.6) is 0 Å². The number of hydrogen-bond acceptors (Lipinski definition) is 6. The van der Waals surface area contributed by atoms with Crippen molar-refractivity contribution in [2.24, 2.45) is 0 Å². The largest absolute Gasteiger partial charge is 0.378 e. The van der Waals surface area contributed by atoms with Gasteiger partial charge in [0.25, 0.3) is 0 Å². The maximum absolute atomic E-state index is 12.9. The van der Waals surface area contributed by atoms with E-state index in [-0.39, 0.29) is 11.0 Å². The van der Waals surface area contributed by atoms with E-state index < -0.39 is 0 Å². The number of thioether (sulfide) groups is 1. The van der Waals surface area contributed by atoms with Crippen LogP contribution in [0.25, 0.3) is 5.69 Å². The lowest BCUT2D eigenvalue weighted by Gasteiger charge is -2.28. The molecule has 0 N–H and O–H groups in total. The van der Waals surface area contributed by atoms with Gasteiger partial charge in [0.05, 0.1) is 24.2 Å². The molecule has 3 aromatic rings. The zero-order valence-corrected chi connectivity index (χ0v) is 18.5. The Morgan fingerprint density at radius 2 is 1.87 bits per heavy atom. The number of rotatable bonds is 6. The Kier molecular flexibility index (Phi) is 6.41. The normalized spacial score (nSPS) is 15.2. The predicted octanol–water partition coefficient (Wildman–Crippen LogP) is 4.43. The van der Waals surface area contributed by atoms with E-state index >= 15 is 0 Å². The summed E-state index contributed by atoms with van der Waals surface area (Å²) in [7, 11) is 0. The highest BCUT2D eigenvalue weighted by Crippen LogP contribution is 2.31. The van der Waals surface area contributed by atoms with Crippen LogP contribution in [0.3, 0.4) is 0 Å². The minimum Gasteiger partial charge on any atom is -0.378 e. The van der Waals surface area contributed by atoms with E-state index in [9.17, 15) is 4.79 Å². The van der Waals surface area contributed by atoms with Crippen molar-refractivity contribution in [3.8, 4) is 5.69 Å². The van der Waals surface area contributed by atoms with Crippen molar-refractivity contribution in [2.45, 2.75) is 24.3 Å². The number of benzene rings is 2. The monoisotopic (exact) mass is 442 g/mol. The quantitative estimate of drug-likeness (QED) is 0.415. The Balaban J connectivity index is 1.66. The second kappa shape index (κ2) is 9.20. The zero-order chi connectivity index (χ0) is 21.1. The summed E-state index contributed by atoms with van der Waals surface area (Å²) < 4.78 is 7.51. The molecule has 1 saturated heterocycles. The van der Waals surface area contributed by atoms with E-state index in [1.807, 2.05) is 11.5 Å². The van der Waals surface area contributed by atoms with E-state index in [2.05, 4.69) is 46.3 Å². The second-order valence-electron chi connectivity index (χ2n) is 7.19. The third-order valence-electron chi connectivity index (χ3n) is 4.96. The van der Waals surface area contributed by atoms with Gasteiger partial charge in [-0.2, -0.15) is 0 Å². The van der Waals surface area contributed by atoms with E-state index in [0.717, 1.165) is 24.7 Å². The lowest BCUT2D eigenvalue weighted by molar-refractivity contribution is 0.0994. The summed E-state index contributed by atoms with van der Waals surface area (Å²) in [5.74, 6) is 0.779. The Bertz CT molecular complexity index is 1030. The summed E-state index contributed by atoms with van der Waals surface area (Å²) >= 11 is 7.46. The third-order valence-corrected chi connectivity index (χ3v) is 6.24. The maximum Gasteiger partial charge on any atom is 0.232 e. The average Bonchev–Trinajstić information content (AvgIpc) is 3.17. The molecule has 0 amide bonds. The molecule has 1 aromatic heterocycles. The number of ether oxygens (including phenoxy) is 1. The molecule has 0 bridgehead atoms. The number of Topliss-reactive ketones (excluding diaryl/α,β-unsaturated/α-hetero) is 1. The summed E-state index contributed by atoms with van der Waals surface area (Å²) in [5, 5.41) is 9.80. The van der Waals surface area contributed by atoms with Crippen LogP contribution >= 0.6 is 23.4 Å². The molecule has 0 radical (unpaired) electrons. The van der Waals surface area contributed by atoms with Crippen LogP contribution in [0.1, 0.15) is 22.8 Å². The molecule has 8 heteroatoms. The first-order chi connectivity index (χ1) is 14.5. The molecule has 1 aliphatic rings. The summed E-state index contributed by atoms with van der Waals surface area (Å²) in [6.45, 7) is 6.77. The molecule has 4 rings (SSSR count). The standard InChI is InChI=1S/C22H23ClN4O2S/c1-15-6-8-19(9-7-15)27-21(26-10-12-29-13-11-26)24-25-22(27)30-16(2)20(28)17-4-3-5-18(23)14-17/h3-9,14,16H,10-13H2,1-2H3. The summed E-state index contributed by atoms with van der Waals surface area (Å²) in [5.41, 5.74) is 2.74. The van der Waals surface area contributed by atoms with Gasteiger partial charge in [-0.25, -0.2) is 0 Å². The lowest BCUT2D eigenvalue weighted by atomic mass is 10.1. The van der Waals surface area contributed by atoms with Crippen LogP contribution in [0.15, 0.2) is 53.7 Å². The van der Waals surface area contributed by atoms with Crippen LogP contribution in [0.2, 0.25) is 5.02 Å². The second-order valence-corrected chi connectivity index (χ2v) is 8.93. The average molecular weight is 443 g/mol. The number of hydrogen-bond donors (Lipinski definition) is 0. The van der Waals surface area contributed by atoms with Crippen LogP contribution in [-0.4, -0.2) is 52.1 Å². The van der Waals surface area contributed by atoms with Gasteiger partial charge in [0.15, 0.2) is 10.9 Å². The maximum atomic E-state index is 12.9. The first-order valence-electron chi connectivity index (χ1n) is 9.84. The minimum absolute atomic E-state index is 0.00822. The number of carbonyl (C=O) groups is 1. The van der Waals surface area contributed by atoms with Crippen molar-refractivity contribution in [3.63, 3.8) is 0 Å². The molecule has 1 unspecified atom stereocenters. The number of nitrogens with zero attached hydrogens (tertiary/aromatic N) is 4. The predicted molar refractivity (Wildman–Crippen MR) is 120 cm³/mol. The molecular formula is C22H23ClN4O2S. The SMILES string of the molecule is Cc1ccc(-n2c(SC(C)C(=O)c3cccc(Cl)c3)nnc2N2CCOCC2)cc1. The van der Waals surface area contributed by atoms with Crippen LogP contribution < -0.4 is 4.90 Å². The van der Waals surface area contributed by atoms with Crippen molar-refractivity contribution in [2.75, 3.05) is 31.2 Å². The fourth-order valence-corrected chi connectivity index (χ4v) is 4.44. The van der Waals surface area contributed by atoms with Crippen LogP contribution in [0.4, 0.5) is 5.95 Å². The molecule has 156 valence electrons. The highest BCUT2D eigenvalue weighted by molar-refractivity contribution is 8.00. The van der Waals surface area contributed by atoms with Crippen molar-refractivity contribution >= 4 is 35.1 Å². The van der Waals surface area contributed by atoms with E-state index in [4.69, 9.17) is 16.3 Å². The van der Waals surface area contributed by atoms with Gasteiger partial charge in [0, 0.05) is 23.7 Å². The molecule has 0 spiro atoms. The van der Waals surface area contributed by atoms with Crippen molar-refractivity contribution in [3.05, 3.63) is 64.7 Å². The highest BCUT2D eigenvalue weighted by atomic mass is 35.5. The van der Waals surface area contributed by atoms with Crippen molar-refractivity contribution in [1.29, 1.82) is 0 Å². The zero-order valence-electron chi connectivity index (χ0n) is 16.9. The smallest absolute Gasteiger partial charge is 0.232 e. The summed E-state index contributed by atoms with van der Waals surface area (Å²) in [6, 6.07) is 15.3. The molecule has 0 aliphatic carbocycles. The highest BCUT2D eigenvalue weighted by Gasteiger charge is 2.25. The fourth-order valence-electron chi connectivity index (χ4n) is 3.31. The summed E-state index contributed by atoms with van der Waals surface area (Å²) in [6.07, 6.45) is 0. The Labute approximate surface area is 185 Å². The minimum atomic E-state index is -0.339. The van der Waals surface area contributed by atoms with Gasteiger partial charge in [-0.15, -0.1) is 10.2 Å². The first kappa shape index (κ1) is 20.9. The molecule has 1 atom stereocenters. The molecule has 30 heavy (non-hydrogen) atoms. The molecule has 1 aliphatic heterocycles. The fraction of sp³-hybridized carbons (Fsp3) is 0.318. The Morgan fingerprint density at radius 1 is 1.13 bits per heavy atom. The van der Waals surface area contributed by atoms with Crippen molar-refractivity contribution < 1.29 is 9.53 Å². The van der Waals surface area contributed by atoms with Gasteiger partial charge in [0.2, 0.25) is 5.95 Å². The van der Waals surface area contributed by atoms with E-state index in [1.165, 1.54) is 17.3 Å². The number of halogens is 1. The molecule has 2 aromatic carbocycles. The van der Waals surface area contributed by atoms with Gasteiger partial charge in [-0.1, -0.05) is 53.2 Å². The number of anilines is 1. The number of aryl methyl sites for hydroxylation is 1. The summed E-state index contributed by atoms with van der Waals surface area (Å²) in [4.78, 5) is 15.1. The van der Waals surface area contributed by atoms with Crippen molar-refractivity contribution in [1.82, 2.24) is 14.8 Å². The van der Waals surface area contributed by atoms with Gasteiger partial charge in [-0.05, 0) is 38.1 Å². The number of morpholine rings is 1.